The van der Waals surface area contributed by atoms with Crippen molar-refractivity contribution in [3.63, 3.8) is 0 Å². The lowest BCUT2D eigenvalue weighted by molar-refractivity contribution is -0.137. The summed E-state index contributed by atoms with van der Waals surface area (Å²) in [5, 5.41) is 2.35. The largest absolute Gasteiger partial charge is 0.474 e. The van der Waals surface area contributed by atoms with Gasteiger partial charge in [0.2, 0.25) is 5.91 Å². The molecular weight excluding hydrogens is 442 g/mol. The second-order valence-electron chi connectivity index (χ2n) is 6.00. The van der Waals surface area contributed by atoms with Gasteiger partial charge in [0, 0.05) is 12.6 Å². The summed E-state index contributed by atoms with van der Waals surface area (Å²) >= 11 is 0. The van der Waals surface area contributed by atoms with E-state index in [1.165, 1.54) is 13.0 Å². The zero-order valence-corrected chi connectivity index (χ0v) is 18.9. The Morgan fingerprint density at radius 3 is 2.16 bits per heavy atom. The maximum Gasteiger partial charge on any atom is 0.474 e. The molecule has 1 N–H and O–H groups in total. The Balaban J connectivity index is 0.000000581. The minimum Gasteiger partial charge on any atom is -0.468 e. The molecule has 0 fully saturated rings. The number of alkyl halides is 3. The molecular formula is C19H29F3NO7P. The Hall–Kier alpha value is -1.94. The Morgan fingerprint density at radius 2 is 1.68 bits per heavy atom. The van der Waals surface area contributed by atoms with E-state index in [1.807, 2.05) is 0 Å². The first-order valence-electron chi connectivity index (χ1n) is 9.53. The summed E-state index contributed by atoms with van der Waals surface area (Å²) in [4.78, 5) is 20.6. The zero-order valence-electron chi connectivity index (χ0n) is 18.0. The summed E-state index contributed by atoms with van der Waals surface area (Å²) in [7, 11) is -3.39. The van der Waals surface area contributed by atoms with Gasteiger partial charge in [-0.1, -0.05) is 6.07 Å². The average Bonchev–Trinajstić information content (AvgIpc) is 2.66. The standard InChI is InChI=1S/C10H10F3NO.C9H19O6P/c1-6-3-4-8(10(11,12)13)5-9(6)14-7(2)15;1-3-13-16(11,14-4-2)15-8-6-5-7-12-9-10/h3-5H,1-2H3,(H,14,15);9H,3-8H2,1-2H3. The van der Waals surface area contributed by atoms with Crippen molar-refractivity contribution in [1.82, 2.24) is 0 Å². The Morgan fingerprint density at radius 1 is 1.10 bits per heavy atom. The molecule has 31 heavy (non-hydrogen) atoms. The maximum atomic E-state index is 12.3. The van der Waals surface area contributed by atoms with E-state index in [4.69, 9.17) is 13.6 Å². The third-order valence-electron chi connectivity index (χ3n) is 3.42. The number of hydrogen-bond acceptors (Lipinski definition) is 7. The van der Waals surface area contributed by atoms with Gasteiger partial charge in [-0.2, -0.15) is 13.2 Å². The third kappa shape index (κ3) is 13.2. The van der Waals surface area contributed by atoms with Gasteiger partial charge in [0.25, 0.3) is 6.47 Å². The summed E-state index contributed by atoms with van der Waals surface area (Å²) in [5.74, 6) is -0.391. The van der Waals surface area contributed by atoms with Crippen LogP contribution in [0.25, 0.3) is 0 Å². The highest BCUT2D eigenvalue weighted by Crippen LogP contribution is 2.49. The minimum absolute atomic E-state index is 0.192. The van der Waals surface area contributed by atoms with Crippen LogP contribution in [0, 0.1) is 6.92 Å². The monoisotopic (exact) mass is 471 g/mol. The molecule has 8 nitrogen and oxygen atoms in total. The van der Waals surface area contributed by atoms with Crippen molar-refractivity contribution in [2.24, 2.45) is 0 Å². The smallest absolute Gasteiger partial charge is 0.468 e. The second-order valence-corrected chi connectivity index (χ2v) is 7.67. The molecule has 0 saturated heterocycles. The van der Waals surface area contributed by atoms with E-state index in [0.29, 0.717) is 31.5 Å². The number of carbonyl (C=O) groups excluding carboxylic acids is 2. The minimum atomic E-state index is -4.39. The van der Waals surface area contributed by atoms with Crippen LogP contribution in [0.3, 0.4) is 0 Å². The number of rotatable bonds is 12. The predicted molar refractivity (Wildman–Crippen MR) is 109 cm³/mol. The average molecular weight is 471 g/mol. The first kappa shape index (κ1) is 29.1. The fraction of sp³-hybridized carbons (Fsp3) is 0.579. The lowest BCUT2D eigenvalue weighted by atomic mass is 10.1. The Kier molecular flexibility index (Phi) is 14.0. The molecule has 1 aromatic carbocycles. The van der Waals surface area contributed by atoms with Crippen molar-refractivity contribution >= 4 is 25.9 Å². The number of anilines is 1. The Labute approximate surface area is 180 Å². The molecule has 0 aliphatic carbocycles. The number of halogens is 3. The number of aryl methyl sites for hydroxylation is 1. The van der Waals surface area contributed by atoms with Crippen molar-refractivity contribution in [3.05, 3.63) is 29.3 Å². The number of phosphoric ester groups is 1. The van der Waals surface area contributed by atoms with Crippen molar-refractivity contribution in [3.8, 4) is 0 Å². The third-order valence-corrected chi connectivity index (χ3v) is 5.07. The molecule has 0 heterocycles. The van der Waals surface area contributed by atoms with E-state index in [-0.39, 0.29) is 25.5 Å². The van der Waals surface area contributed by atoms with Gasteiger partial charge in [-0.15, -0.1) is 0 Å². The molecule has 0 aliphatic heterocycles. The lowest BCUT2D eigenvalue weighted by Gasteiger charge is -2.15. The van der Waals surface area contributed by atoms with Gasteiger partial charge in [-0.3, -0.25) is 23.2 Å². The van der Waals surface area contributed by atoms with E-state index in [0.717, 1.165) is 12.1 Å². The summed E-state index contributed by atoms with van der Waals surface area (Å²) in [6.45, 7) is 7.83. The fourth-order valence-electron chi connectivity index (χ4n) is 2.06. The molecule has 12 heteroatoms. The van der Waals surface area contributed by atoms with Crippen LogP contribution in [0.4, 0.5) is 18.9 Å². The SMILES string of the molecule is CC(=O)Nc1cc(C(F)(F)F)ccc1C.CCOP(=O)(OCC)OCCCCOC=O. The van der Waals surface area contributed by atoms with E-state index in [2.05, 4.69) is 10.1 Å². The quantitative estimate of drug-likeness (QED) is 0.257. The van der Waals surface area contributed by atoms with E-state index < -0.39 is 25.5 Å². The van der Waals surface area contributed by atoms with E-state index in [9.17, 15) is 27.3 Å². The zero-order chi connectivity index (χ0) is 23.9. The molecule has 1 rings (SSSR count). The van der Waals surface area contributed by atoms with Crippen LogP contribution >= 0.6 is 7.82 Å². The molecule has 0 aliphatic rings. The van der Waals surface area contributed by atoms with Crippen LogP contribution in [-0.4, -0.2) is 38.8 Å². The summed E-state index contributed by atoms with van der Waals surface area (Å²) in [6.07, 6.45) is -3.12. The number of ether oxygens (including phenoxy) is 1. The van der Waals surface area contributed by atoms with Crippen LogP contribution in [0.2, 0.25) is 0 Å². The van der Waals surface area contributed by atoms with Gasteiger partial charge >= 0.3 is 14.0 Å². The van der Waals surface area contributed by atoms with Crippen molar-refractivity contribution < 1.29 is 45.6 Å². The summed E-state index contributed by atoms with van der Waals surface area (Å²) in [6, 6.07) is 3.24. The van der Waals surface area contributed by atoms with Crippen LogP contribution in [0.5, 0.6) is 0 Å². The Bertz CT molecular complexity index is 719. The van der Waals surface area contributed by atoms with Crippen LogP contribution < -0.4 is 5.32 Å². The molecule has 1 amide bonds. The van der Waals surface area contributed by atoms with Crippen molar-refractivity contribution in [2.45, 2.75) is 46.7 Å². The highest BCUT2D eigenvalue weighted by atomic mass is 31.2. The van der Waals surface area contributed by atoms with E-state index in [1.54, 1.807) is 20.8 Å². The topological polar surface area (TPSA) is 100 Å². The molecule has 0 aromatic heterocycles. The highest BCUT2D eigenvalue weighted by Gasteiger charge is 2.30. The maximum absolute atomic E-state index is 12.3. The number of carbonyl (C=O) groups is 2. The number of amides is 1. The molecule has 0 spiro atoms. The van der Waals surface area contributed by atoms with Crippen LogP contribution in [0.15, 0.2) is 18.2 Å². The van der Waals surface area contributed by atoms with E-state index >= 15 is 0 Å². The fourth-order valence-corrected chi connectivity index (χ4v) is 3.27. The number of phosphoric acid groups is 1. The summed E-state index contributed by atoms with van der Waals surface area (Å²) in [5.41, 5.74) is 0.0207. The first-order chi connectivity index (χ1) is 14.5. The summed E-state index contributed by atoms with van der Waals surface area (Å²) < 4.78 is 68.1. The van der Waals surface area contributed by atoms with Crippen molar-refractivity contribution in [2.75, 3.05) is 31.7 Å². The van der Waals surface area contributed by atoms with Gasteiger partial charge in [0.1, 0.15) is 0 Å². The molecule has 178 valence electrons. The van der Waals surface area contributed by atoms with Gasteiger partial charge in [0.15, 0.2) is 0 Å². The first-order valence-corrected chi connectivity index (χ1v) is 11.0. The number of benzene rings is 1. The van der Waals surface area contributed by atoms with Gasteiger partial charge in [0.05, 0.1) is 32.0 Å². The van der Waals surface area contributed by atoms with Crippen molar-refractivity contribution in [1.29, 1.82) is 0 Å². The molecule has 0 saturated carbocycles. The molecule has 1 aromatic rings. The second kappa shape index (κ2) is 15.0. The lowest BCUT2D eigenvalue weighted by Crippen LogP contribution is -2.10. The number of unbranched alkanes of at least 4 members (excludes halogenated alkanes) is 1. The molecule has 0 unspecified atom stereocenters. The normalized spacial score (nSPS) is 11.3. The molecule has 0 bridgehead atoms. The van der Waals surface area contributed by atoms with Crippen LogP contribution in [0.1, 0.15) is 44.7 Å². The highest BCUT2D eigenvalue weighted by molar-refractivity contribution is 7.48. The predicted octanol–water partition coefficient (Wildman–Crippen LogP) is 5.11. The molecule has 0 atom stereocenters. The molecule has 0 radical (unpaired) electrons. The van der Waals surface area contributed by atoms with Gasteiger partial charge in [-0.05, 0) is 51.3 Å². The van der Waals surface area contributed by atoms with Gasteiger partial charge in [-0.25, -0.2) is 4.57 Å². The van der Waals surface area contributed by atoms with Gasteiger partial charge < -0.3 is 10.1 Å². The number of nitrogens with one attached hydrogen (secondary N) is 1. The van der Waals surface area contributed by atoms with Crippen LogP contribution in [-0.2, 0) is 38.6 Å². The number of hydrogen-bond donors (Lipinski definition) is 1.